The minimum Gasteiger partial charge on any atom is -0.396 e. The van der Waals surface area contributed by atoms with Crippen LogP contribution < -0.4 is 0 Å². The maximum atomic E-state index is 9.52. The van der Waals surface area contributed by atoms with Crippen molar-refractivity contribution in [3.05, 3.63) is 16.4 Å². The summed E-state index contributed by atoms with van der Waals surface area (Å²) in [6, 6.07) is 0. The Kier molecular flexibility index (Phi) is 3.24. The third kappa shape index (κ3) is 1.97. The highest BCUT2D eigenvalue weighted by Crippen LogP contribution is 2.35. The van der Waals surface area contributed by atoms with Crippen LogP contribution in [0, 0.1) is 12.3 Å². The van der Waals surface area contributed by atoms with Gasteiger partial charge in [0.1, 0.15) is 5.15 Å². The van der Waals surface area contributed by atoms with Crippen molar-refractivity contribution in [2.45, 2.75) is 19.8 Å². The normalized spacial score (nSPS) is 25.2. The third-order valence-corrected chi connectivity index (χ3v) is 3.81. The second-order valence-electron chi connectivity index (χ2n) is 4.62. The van der Waals surface area contributed by atoms with Gasteiger partial charge in [-0.2, -0.15) is 5.10 Å². The first kappa shape index (κ1) is 11.9. The van der Waals surface area contributed by atoms with E-state index < -0.39 is 0 Å². The molecule has 4 nitrogen and oxygen atoms in total. The fraction of sp³-hybridized carbons (Fsp3) is 0.727. The fourth-order valence-corrected chi connectivity index (χ4v) is 2.46. The van der Waals surface area contributed by atoms with Crippen molar-refractivity contribution in [1.82, 2.24) is 9.78 Å². The van der Waals surface area contributed by atoms with E-state index in [-0.39, 0.29) is 12.0 Å². The van der Waals surface area contributed by atoms with Gasteiger partial charge in [0.2, 0.25) is 0 Å². The number of halogens is 1. The van der Waals surface area contributed by atoms with Gasteiger partial charge in [-0.1, -0.05) is 11.6 Å². The average Bonchev–Trinajstić information content (AvgIpc) is 2.81. The molecule has 1 aliphatic rings. The first-order valence-electron chi connectivity index (χ1n) is 5.44. The largest absolute Gasteiger partial charge is 0.396 e. The van der Waals surface area contributed by atoms with E-state index in [1.807, 2.05) is 14.0 Å². The highest BCUT2D eigenvalue weighted by Gasteiger charge is 2.36. The lowest BCUT2D eigenvalue weighted by Gasteiger charge is -2.24. The van der Waals surface area contributed by atoms with Crippen LogP contribution in [0.2, 0.25) is 5.15 Å². The Morgan fingerprint density at radius 2 is 2.38 bits per heavy atom. The van der Waals surface area contributed by atoms with Gasteiger partial charge >= 0.3 is 0 Å². The van der Waals surface area contributed by atoms with Gasteiger partial charge in [-0.05, 0) is 19.8 Å². The van der Waals surface area contributed by atoms with Crippen molar-refractivity contribution >= 4 is 11.6 Å². The molecule has 1 fully saturated rings. The predicted molar refractivity (Wildman–Crippen MR) is 61.6 cm³/mol. The molecule has 2 rings (SSSR count). The SMILES string of the molecule is Cc1nn(C)c(Cl)c1CC1(CO)CCOC1. The number of hydrogen-bond donors (Lipinski definition) is 1. The third-order valence-electron chi connectivity index (χ3n) is 3.34. The molecule has 0 bridgehead atoms. The molecule has 16 heavy (non-hydrogen) atoms. The van der Waals surface area contributed by atoms with E-state index in [1.165, 1.54) is 0 Å². The summed E-state index contributed by atoms with van der Waals surface area (Å²) in [4.78, 5) is 0. The number of nitrogens with zero attached hydrogens (tertiary/aromatic N) is 2. The number of rotatable bonds is 3. The first-order chi connectivity index (χ1) is 7.58. The lowest BCUT2D eigenvalue weighted by Crippen LogP contribution is -2.28. The van der Waals surface area contributed by atoms with Crippen molar-refractivity contribution < 1.29 is 9.84 Å². The molecule has 1 aromatic rings. The van der Waals surface area contributed by atoms with Crippen molar-refractivity contribution in [2.24, 2.45) is 12.5 Å². The summed E-state index contributed by atoms with van der Waals surface area (Å²) < 4.78 is 7.05. The standard InChI is InChI=1S/C11H17ClN2O2/c1-8-9(10(12)14(2)13-8)5-11(6-15)3-4-16-7-11/h15H,3-7H2,1-2H3. The maximum absolute atomic E-state index is 9.52. The van der Waals surface area contributed by atoms with Crippen LogP contribution in [0.25, 0.3) is 0 Å². The number of aliphatic hydroxyl groups is 1. The van der Waals surface area contributed by atoms with Crippen LogP contribution in [0.4, 0.5) is 0 Å². The second kappa shape index (κ2) is 4.35. The molecule has 1 aliphatic heterocycles. The Bertz CT molecular complexity index is 384. The molecule has 1 saturated heterocycles. The number of aliphatic hydroxyl groups excluding tert-OH is 1. The minimum absolute atomic E-state index is 0.137. The maximum Gasteiger partial charge on any atom is 0.130 e. The van der Waals surface area contributed by atoms with Gasteiger partial charge in [0.25, 0.3) is 0 Å². The topological polar surface area (TPSA) is 47.3 Å². The quantitative estimate of drug-likeness (QED) is 0.873. The zero-order valence-electron chi connectivity index (χ0n) is 9.66. The Morgan fingerprint density at radius 3 is 2.81 bits per heavy atom. The second-order valence-corrected chi connectivity index (χ2v) is 4.97. The predicted octanol–water partition coefficient (Wildman–Crippen LogP) is 1.32. The molecule has 0 spiro atoms. The van der Waals surface area contributed by atoms with E-state index >= 15 is 0 Å². The van der Waals surface area contributed by atoms with E-state index in [0.717, 1.165) is 30.7 Å². The summed E-state index contributed by atoms with van der Waals surface area (Å²) >= 11 is 6.19. The number of hydrogen-bond acceptors (Lipinski definition) is 3. The van der Waals surface area contributed by atoms with Gasteiger partial charge in [-0.15, -0.1) is 0 Å². The lowest BCUT2D eigenvalue weighted by molar-refractivity contribution is 0.0934. The van der Waals surface area contributed by atoms with Gasteiger partial charge in [0.05, 0.1) is 18.9 Å². The summed E-state index contributed by atoms with van der Waals surface area (Å²) in [5.74, 6) is 0. The summed E-state index contributed by atoms with van der Waals surface area (Å²) in [6.45, 7) is 3.41. The molecule has 1 N–H and O–H groups in total. The number of ether oxygens (including phenoxy) is 1. The monoisotopic (exact) mass is 244 g/mol. The number of aryl methyl sites for hydroxylation is 2. The molecule has 90 valence electrons. The molecule has 0 radical (unpaired) electrons. The van der Waals surface area contributed by atoms with Crippen LogP contribution in [-0.4, -0.2) is 34.7 Å². The zero-order chi connectivity index (χ0) is 11.8. The Labute approximate surface area is 100 Å². The minimum atomic E-state index is -0.169. The summed E-state index contributed by atoms with van der Waals surface area (Å²) in [5.41, 5.74) is 1.80. The molecule has 5 heteroatoms. The van der Waals surface area contributed by atoms with Crippen LogP contribution in [0.5, 0.6) is 0 Å². The van der Waals surface area contributed by atoms with E-state index in [2.05, 4.69) is 5.10 Å². The zero-order valence-corrected chi connectivity index (χ0v) is 10.4. The van der Waals surface area contributed by atoms with E-state index in [9.17, 15) is 5.11 Å². The molecule has 0 aromatic carbocycles. The highest BCUT2D eigenvalue weighted by molar-refractivity contribution is 6.30. The van der Waals surface area contributed by atoms with Crippen molar-refractivity contribution in [2.75, 3.05) is 19.8 Å². The molecular weight excluding hydrogens is 228 g/mol. The van der Waals surface area contributed by atoms with Crippen LogP contribution in [0.15, 0.2) is 0 Å². The van der Waals surface area contributed by atoms with Gasteiger partial charge < -0.3 is 9.84 Å². The van der Waals surface area contributed by atoms with E-state index in [0.29, 0.717) is 11.8 Å². The van der Waals surface area contributed by atoms with Crippen LogP contribution >= 0.6 is 11.6 Å². The van der Waals surface area contributed by atoms with Crippen molar-refractivity contribution in [3.8, 4) is 0 Å². The van der Waals surface area contributed by atoms with E-state index in [1.54, 1.807) is 4.68 Å². The van der Waals surface area contributed by atoms with Crippen molar-refractivity contribution in [1.29, 1.82) is 0 Å². The number of aromatic nitrogens is 2. The van der Waals surface area contributed by atoms with Gasteiger partial charge in [-0.25, -0.2) is 0 Å². The molecule has 0 aliphatic carbocycles. The molecule has 0 amide bonds. The first-order valence-corrected chi connectivity index (χ1v) is 5.82. The Hall–Kier alpha value is -0.580. The smallest absolute Gasteiger partial charge is 0.130 e. The summed E-state index contributed by atoms with van der Waals surface area (Å²) in [5, 5.41) is 14.5. The van der Waals surface area contributed by atoms with Crippen LogP contribution in [0.1, 0.15) is 17.7 Å². The molecular formula is C11H17ClN2O2. The molecule has 1 unspecified atom stereocenters. The lowest BCUT2D eigenvalue weighted by atomic mass is 9.82. The van der Waals surface area contributed by atoms with Crippen LogP contribution in [-0.2, 0) is 18.2 Å². The van der Waals surface area contributed by atoms with Gasteiger partial charge in [0, 0.05) is 24.6 Å². The Morgan fingerprint density at radius 1 is 1.62 bits per heavy atom. The fourth-order valence-electron chi connectivity index (χ4n) is 2.22. The van der Waals surface area contributed by atoms with Crippen molar-refractivity contribution in [3.63, 3.8) is 0 Å². The van der Waals surface area contributed by atoms with Gasteiger partial charge in [-0.3, -0.25) is 4.68 Å². The molecule has 0 saturated carbocycles. The van der Waals surface area contributed by atoms with Crippen LogP contribution in [0.3, 0.4) is 0 Å². The molecule has 2 heterocycles. The highest BCUT2D eigenvalue weighted by atomic mass is 35.5. The average molecular weight is 245 g/mol. The summed E-state index contributed by atoms with van der Waals surface area (Å²) in [7, 11) is 1.83. The van der Waals surface area contributed by atoms with Gasteiger partial charge in [0.15, 0.2) is 0 Å². The molecule has 1 atom stereocenters. The van der Waals surface area contributed by atoms with E-state index in [4.69, 9.17) is 16.3 Å². The Balaban J connectivity index is 2.25. The summed E-state index contributed by atoms with van der Waals surface area (Å²) in [6.07, 6.45) is 1.62. The molecule has 1 aromatic heterocycles.